The van der Waals surface area contributed by atoms with Gasteiger partial charge in [-0.1, -0.05) is 47.6 Å². The number of aromatic nitrogens is 1. The number of aryl methyl sites for hydroxylation is 1. The predicted molar refractivity (Wildman–Crippen MR) is 127 cm³/mol. The largest absolute Gasteiger partial charge is 0.444 e. The number of carbonyl (C=O) groups excluding carboxylic acids is 2. The number of rotatable bonds is 6. The maximum absolute atomic E-state index is 12.8. The van der Waals surface area contributed by atoms with Crippen LogP contribution >= 0.6 is 15.9 Å². The third-order valence-corrected chi connectivity index (χ3v) is 5.25. The summed E-state index contributed by atoms with van der Waals surface area (Å²) in [5, 5.41) is 11.0. The van der Waals surface area contributed by atoms with E-state index >= 15 is 0 Å². The van der Waals surface area contributed by atoms with Crippen LogP contribution in [0.3, 0.4) is 0 Å². The number of hydrogen-bond donors (Lipinski definition) is 2. The molecule has 2 aromatic carbocycles. The van der Waals surface area contributed by atoms with E-state index in [0.29, 0.717) is 33.1 Å². The molecule has 0 aliphatic heterocycles. The second-order valence-electron chi connectivity index (χ2n) is 7.10. The van der Waals surface area contributed by atoms with Gasteiger partial charge in [0.05, 0.1) is 5.71 Å². The van der Waals surface area contributed by atoms with Gasteiger partial charge in [0.1, 0.15) is 17.0 Å². The predicted octanol–water partition coefficient (Wildman–Crippen LogP) is 5.41. The van der Waals surface area contributed by atoms with Crippen LogP contribution < -0.4 is 10.7 Å². The number of nitrogens with one attached hydrogen (secondary N) is 2. The van der Waals surface area contributed by atoms with Crippen LogP contribution in [0.4, 0.5) is 5.69 Å². The van der Waals surface area contributed by atoms with Crippen molar-refractivity contribution in [3.8, 4) is 11.3 Å². The Labute approximate surface area is 197 Å². The van der Waals surface area contributed by atoms with Crippen LogP contribution in [0.25, 0.3) is 11.3 Å². The van der Waals surface area contributed by atoms with Crippen molar-refractivity contribution in [1.29, 1.82) is 0 Å². The lowest BCUT2D eigenvalue weighted by atomic mass is 10.1. The molecule has 4 rings (SSSR count). The lowest BCUT2D eigenvalue weighted by Gasteiger charge is -2.06. The molecule has 0 fully saturated rings. The Kier molecular flexibility index (Phi) is 6.50. The topological polar surface area (TPSA) is 110 Å². The van der Waals surface area contributed by atoms with Gasteiger partial charge >= 0.3 is 0 Å². The Hall–Kier alpha value is -3.98. The SMILES string of the molecule is C/C(=N/NC(=O)c1c(-c2ccccc2)noc1C)c1ccc(NC(=O)c2ccc(Br)o2)cc1. The molecule has 4 aromatic rings. The van der Waals surface area contributed by atoms with Crippen molar-refractivity contribution in [3.63, 3.8) is 0 Å². The Balaban J connectivity index is 1.44. The molecule has 2 N–H and O–H groups in total. The maximum Gasteiger partial charge on any atom is 0.291 e. The molecule has 166 valence electrons. The Morgan fingerprint density at radius 2 is 1.70 bits per heavy atom. The summed E-state index contributed by atoms with van der Waals surface area (Å²) in [4.78, 5) is 25.0. The van der Waals surface area contributed by atoms with E-state index in [2.05, 4.69) is 36.9 Å². The van der Waals surface area contributed by atoms with E-state index in [1.54, 1.807) is 50.2 Å². The smallest absolute Gasteiger partial charge is 0.291 e. The molecule has 0 bridgehead atoms. The van der Waals surface area contributed by atoms with E-state index in [-0.39, 0.29) is 11.7 Å². The first kappa shape index (κ1) is 22.2. The second-order valence-corrected chi connectivity index (χ2v) is 7.88. The monoisotopic (exact) mass is 506 g/mol. The number of nitrogens with zero attached hydrogens (tertiary/aromatic N) is 2. The number of furan rings is 1. The van der Waals surface area contributed by atoms with Gasteiger partial charge in [-0.15, -0.1) is 0 Å². The van der Waals surface area contributed by atoms with Gasteiger partial charge < -0.3 is 14.3 Å². The molecule has 2 aromatic heterocycles. The summed E-state index contributed by atoms with van der Waals surface area (Å²) in [6, 6.07) is 19.6. The van der Waals surface area contributed by atoms with Gasteiger partial charge in [-0.25, -0.2) is 5.43 Å². The van der Waals surface area contributed by atoms with Gasteiger partial charge in [-0.05, 0) is 59.6 Å². The van der Waals surface area contributed by atoms with Crippen LogP contribution in [0.5, 0.6) is 0 Å². The fourth-order valence-electron chi connectivity index (χ4n) is 3.11. The molecule has 33 heavy (non-hydrogen) atoms. The minimum Gasteiger partial charge on any atom is -0.444 e. The van der Waals surface area contributed by atoms with Crippen LogP contribution in [0.2, 0.25) is 0 Å². The molecular formula is C24H19BrN4O4. The molecule has 2 amide bonds. The van der Waals surface area contributed by atoms with Gasteiger partial charge in [-0.2, -0.15) is 5.10 Å². The number of benzene rings is 2. The number of hydrogen-bond acceptors (Lipinski definition) is 6. The van der Waals surface area contributed by atoms with Gasteiger partial charge in [0.25, 0.3) is 11.8 Å². The standard InChI is InChI=1S/C24H19BrN4O4/c1-14(16-8-10-18(11-9-16)26-23(30)19-12-13-20(25)32-19)27-28-24(31)21-15(2)33-29-22(21)17-6-4-3-5-7-17/h3-13H,1-2H3,(H,26,30)(H,28,31)/b27-14-. The highest BCUT2D eigenvalue weighted by atomic mass is 79.9. The molecular weight excluding hydrogens is 488 g/mol. The molecule has 0 radical (unpaired) electrons. The van der Waals surface area contributed by atoms with E-state index in [4.69, 9.17) is 8.94 Å². The van der Waals surface area contributed by atoms with Crippen LogP contribution in [0.1, 0.15) is 39.2 Å². The molecule has 0 aliphatic rings. The highest BCUT2D eigenvalue weighted by Gasteiger charge is 2.21. The van der Waals surface area contributed by atoms with Crippen molar-refractivity contribution in [2.75, 3.05) is 5.32 Å². The molecule has 0 atom stereocenters. The minimum absolute atomic E-state index is 0.199. The highest BCUT2D eigenvalue weighted by Crippen LogP contribution is 2.25. The normalized spacial score (nSPS) is 11.3. The van der Waals surface area contributed by atoms with E-state index in [1.165, 1.54) is 0 Å². The maximum atomic E-state index is 12.8. The van der Waals surface area contributed by atoms with Crippen molar-refractivity contribution in [2.45, 2.75) is 13.8 Å². The number of halogens is 1. The Morgan fingerprint density at radius 1 is 0.970 bits per heavy atom. The molecule has 0 spiro atoms. The fraction of sp³-hybridized carbons (Fsp3) is 0.0833. The second kappa shape index (κ2) is 9.66. The van der Waals surface area contributed by atoms with Gasteiger partial charge in [-0.3, -0.25) is 9.59 Å². The first-order valence-corrected chi connectivity index (χ1v) is 10.7. The molecule has 0 saturated heterocycles. The zero-order valence-electron chi connectivity index (χ0n) is 17.8. The minimum atomic E-state index is -0.416. The van der Waals surface area contributed by atoms with Crippen LogP contribution in [-0.2, 0) is 0 Å². The zero-order valence-corrected chi connectivity index (χ0v) is 19.3. The Bertz CT molecular complexity index is 1320. The van der Waals surface area contributed by atoms with Gasteiger partial charge in [0, 0.05) is 11.3 Å². The third-order valence-electron chi connectivity index (χ3n) is 4.82. The first-order valence-electron chi connectivity index (χ1n) is 9.96. The number of hydrazone groups is 1. The number of anilines is 1. The van der Waals surface area contributed by atoms with E-state index < -0.39 is 5.91 Å². The summed E-state index contributed by atoms with van der Waals surface area (Å²) in [5.74, 6) is -0.168. The molecule has 8 nitrogen and oxygen atoms in total. The quantitative estimate of drug-likeness (QED) is 0.268. The van der Waals surface area contributed by atoms with Crippen molar-refractivity contribution in [2.24, 2.45) is 5.10 Å². The Morgan fingerprint density at radius 3 is 2.36 bits per heavy atom. The zero-order chi connectivity index (χ0) is 23.4. The van der Waals surface area contributed by atoms with Crippen LogP contribution in [0.15, 0.2) is 85.4 Å². The van der Waals surface area contributed by atoms with E-state index in [1.807, 2.05) is 30.3 Å². The van der Waals surface area contributed by atoms with Crippen molar-refractivity contribution in [3.05, 3.63) is 94.0 Å². The molecule has 0 saturated carbocycles. The molecule has 0 unspecified atom stereocenters. The number of amides is 2. The third kappa shape index (κ3) is 5.09. The first-order chi connectivity index (χ1) is 15.9. The lowest BCUT2D eigenvalue weighted by molar-refractivity contribution is 0.0952. The van der Waals surface area contributed by atoms with E-state index in [0.717, 1.165) is 11.1 Å². The summed E-state index contributed by atoms with van der Waals surface area (Å²) < 4.78 is 11.0. The average Bonchev–Trinajstić information content (AvgIpc) is 3.44. The van der Waals surface area contributed by atoms with Crippen LogP contribution in [-0.4, -0.2) is 22.7 Å². The van der Waals surface area contributed by atoms with Crippen molar-refractivity contribution in [1.82, 2.24) is 10.6 Å². The van der Waals surface area contributed by atoms with Gasteiger partial charge in [0.2, 0.25) is 0 Å². The lowest BCUT2D eigenvalue weighted by Crippen LogP contribution is -2.20. The van der Waals surface area contributed by atoms with Crippen molar-refractivity contribution < 1.29 is 18.5 Å². The van der Waals surface area contributed by atoms with Crippen molar-refractivity contribution >= 4 is 39.1 Å². The fourth-order valence-corrected chi connectivity index (χ4v) is 3.42. The summed E-state index contributed by atoms with van der Waals surface area (Å²) >= 11 is 3.17. The van der Waals surface area contributed by atoms with E-state index in [9.17, 15) is 9.59 Å². The summed E-state index contributed by atoms with van der Waals surface area (Å²) in [6.07, 6.45) is 0. The summed E-state index contributed by atoms with van der Waals surface area (Å²) in [6.45, 7) is 3.45. The molecule has 2 heterocycles. The highest BCUT2D eigenvalue weighted by molar-refractivity contribution is 9.10. The summed E-state index contributed by atoms with van der Waals surface area (Å²) in [5.41, 5.74) is 6.10. The molecule has 9 heteroatoms. The number of carbonyl (C=O) groups is 2. The van der Waals surface area contributed by atoms with Crippen LogP contribution in [0, 0.1) is 6.92 Å². The van der Waals surface area contributed by atoms with Gasteiger partial charge in [0.15, 0.2) is 10.4 Å². The molecule has 0 aliphatic carbocycles. The average molecular weight is 507 g/mol. The summed E-state index contributed by atoms with van der Waals surface area (Å²) in [7, 11) is 0.